The summed E-state index contributed by atoms with van der Waals surface area (Å²) in [6, 6.07) is 15.8. The van der Waals surface area contributed by atoms with Crippen molar-refractivity contribution in [3.63, 3.8) is 0 Å². The maximum atomic E-state index is 14.3. The molecule has 0 amide bonds. The van der Waals surface area contributed by atoms with Crippen LogP contribution in [0.1, 0.15) is 43.7 Å². The molecule has 4 nitrogen and oxygen atoms in total. The van der Waals surface area contributed by atoms with Gasteiger partial charge in [0, 0.05) is 5.56 Å². The lowest BCUT2D eigenvalue weighted by Gasteiger charge is -2.34. The number of ether oxygens (including phenoxy) is 2. The molecule has 1 aliphatic rings. The molecule has 1 saturated carbocycles. The van der Waals surface area contributed by atoms with Gasteiger partial charge in [0.25, 0.3) is 0 Å². The number of benzene rings is 3. The number of methoxy groups -OCH3 is 1. The molecule has 0 heterocycles. The maximum Gasteiger partial charge on any atom is 0.432 e. The Labute approximate surface area is 207 Å². The van der Waals surface area contributed by atoms with Gasteiger partial charge in [0.1, 0.15) is 22.1 Å². The first-order chi connectivity index (χ1) is 16.9. The molecule has 0 bridgehead atoms. The third-order valence-electron chi connectivity index (χ3n) is 6.93. The Morgan fingerprint density at radius 3 is 1.83 bits per heavy atom. The molecule has 36 heavy (non-hydrogen) atoms. The van der Waals surface area contributed by atoms with E-state index in [0.717, 1.165) is 19.1 Å². The Balaban J connectivity index is 1.73. The molecule has 0 N–H and O–H groups in total. The summed E-state index contributed by atoms with van der Waals surface area (Å²) in [5, 5.41) is 0. The number of sulfone groups is 1. The Morgan fingerprint density at radius 1 is 0.806 bits per heavy atom. The molecule has 1 atom stereocenters. The number of hydrogen-bond acceptors (Lipinski definition) is 4. The van der Waals surface area contributed by atoms with Gasteiger partial charge in [0.15, 0.2) is 9.84 Å². The quantitative estimate of drug-likeness (QED) is 0.249. The minimum absolute atomic E-state index is 0.00542. The summed E-state index contributed by atoms with van der Waals surface area (Å²) in [5.74, 6) is -0.0717. The molecule has 4 rings (SSSR count). The maximum absolute atomic E-state index is 14.3. The standard InChI is InChI=1S/C27H26F4O4S/c1-25(27(29,30)31,35-23-13-11-22(34-2)12-14-23)19-5-7-20(8-6-19)26(17-3-4-18-26)36(32,33)24-15-9-21(28)10-16-24/h5-16H,3-4,17-18H2,1-2H3. The van der Waals surface area contributed by atoms with E-state index in [1.165, 1.54) is 67.8 Å². The van der Waals surface area contributed by atoms with Crippen molar-refractivity contribution in [2.24, 2.45) is 0 Å². The summed E-state index contributed by atoms with van der Waals surface area (Å²) in [5.41, 5.74) is -2.44. The Kier molecular flexibility index (Phi) is 6.81. The van der Waals surface area contributed by atoms with E-state index in [1.54, 1.807) is 0 Å². The van der Waals surface area contributed by atoms with Gasteiger partial charge in [-0.25, -0.2) is 12.8 Å². The summed E-state index contributed by atoms with van der Waals surface area (Å²) < 4.78 is 92.7. The SMILES string of the molecule is COc1ccc(OC(C)(c2ccc(C3(S(=O)(=O)c4ccc(F)cc4)CCCC3)cc2)C(F)(F)F)cc1. The number of alkyl halides is 3. The monoisotopic (exact) mass is 522 g/mol. The Bertz CT molecular complexity index is 1300. The van der Waals surface area contributed by atoms with Crippen LogP contribution in [0.5, 0.6) is 11.5 Å². The van der Waals surface area contributed by atoms with E-state index in [-0.39, 0.29) is 16.2 Å². The minimum Gasteiger partial charge on any atom is -0.497 e. The molecule has 1 fully saturated rings. The van der Waals surface area contributed by atoms with Crippen molar-refractivity contribution >= 4 is 9.84 Å². The molecule has 0 radical (unpaired) electrons. The number of rotatable bonds is 7. The van der Waals surface area contributed by atoms with Gasteiger partial charge in [-0.15, -0.1) is 0 Å². The summed E-state index contributed by atoms with van der Waals surface area (Å²) in [6.45, 7) is 0.937. The van der Waals surface area contributed by atoms with E-state index in [2.05, 4.69) is 0 Å². The highest BCUT2D eigenvalue weighted by Gasteiger charge is 2.55. The third kappa shape index (κ3) is 4.45. The average molecular weight is 523 g/mol. The van der Waals surface area contributed by atoms with Gasteiger partial charge >= 0.3 is 6.18 Å². The number of halogens is 4. The van der Waals surface area contributed by atoms with Crippen molar-refractivity contribution in [3.05, 3.63) is 89.7 Å². The smallest absolute Gasteiger partial charge is 0.432 e. The molecule has 0 saturated heterocycles. The average Bonchev–Trinajstić information content (AvgIpc) is 3.36. The topological polar surface area (TPSA) is 52.6 Å². The second kappa shape index (κ2) is 9.42. The highest BCUT2D eigenvalue weighted by atomic mass is 32.2. The zero-order valence-electron chi connectivity index (χ0n) is 19.8. The molecule has 3 aromatic carbocycles. The normalized spacial score (nSPS) is 17.4. The first kappa shape index (κ1) is 26.0. The molecule has 0 aromatic heterocycles. The molecule has 192 valence electrons. The van der Waals surface area contributed by atoms with Gasteiger partial charge in [-0.05, 0) is 73.9 Å². The van der Waals surface area contributed by atoms with Crippen molar-refractivity contribution in [3.8, 4) is 11.5 Å². The van der Waals surface area contributed by atoms with Crippen LogP contribution in [-0.4, -0.2) is 21.7 Å². The van der Waals surface area contributed by atoms with E-state index >= 15 is 0 Å². The lowest BCUT2D eigenvalue weighted by Crippen LogP contribution is -2.45. The van der Waals surface area contributed by atoms with E-state index in [0.29, 0.717) is 37.0 Å². The molecule has 0 aliphatic heterocycles. The van der Waals surface area contributed by atoms with Crippen molar-refractivity contribution in [2.75, 3.05) is 7.11 Å². The molecular formula is C27H26F4O4S. The Morgan fingerprint density at radius 2 is 1.33 bits per heavy atom. The predicted octanol–water partition coefficient (Wildman–Crippen LogP) is 6.93. The summed E-state index contributed by atoms with van der Waals surface area (Å²) >= 11 is 0. The lowest BCUT2D eigenvalue weighted by molar-refractivity contribution is -0.247. The van der Waals surface area contributed by atoms with Gasteiger partial charge in [0.2, 0.25) is 5.60 Å². The molecule has 1 unspecified atom stereocenters. The van der Waals surface area contributed by atoms with E-state index in [4.69, 9.17) is 9.47 Å². The van der Waals surface area contributed by atoms with Crippen LogP contribution in [0, 0.1) is 5.82 Å². The van der Waals surface area contributed by atoms with Crippen LogP contribution in [-0.2, 0) is 20.2 Å². The molecule has 9 heteroatoms. The van der Waals surface area contributed by atoms with Gasteiger partial charge in [-0.1, -0.05) is 37.1 Å². The van der Waals surface area contributed by atoms with Crippen molar-refractivity contribution < 1.29 is 35.5 Å². The van der Waals surface area contributed by atoms with Crippen LogP contribution in [0.4, 0.5) is 17.6 Å². The molecular weight excluding hydrogens is 496 g/mol. The second-order valence-corrected chi connectivity index (χ2v) is 11.3. The highest BCUT2D eigenvalue weighted by Crippen LogP contribution is 2.49. The zero-order chi connectivity index (χ0) is 26.2. The molecule has 3 aromatic rings. The van der Waals surface area contributed by atoms with E-state index in [9.17, 15) is 26.0 Å². The number of hydrogen-bond donors (Lipinski definition) is 0. The van der Waals surface area contributed by atoms with E-state index < -0.39 is 32.2 Å². The van der Waals surface area contributed by atoms with Crippen LogP contribution in [0.3, 0.4) is 0 Å². The fourth-order valence-corrected chi connectivity index (χ4v) is 6.97. The van der Waals surface area contributed by atoms with Crippen LogP contribution in [0.2, 0.25) is 0 Å². The third-order valence-corrected chi connectivity index (χ3v) is 9.50. The Hall–Kier alpha value is -3.07. The highest BCUT2D eigenvalue weighted by molar-refractivity contribution is 7.92. The van der Waals surface area contributed by atoms with Crippen LogP contribution >= 0.6 is 0 Å². The van der Waals surface area contributed by atoms with E-state index in [1.807, 2.05) is 0 Å². The van der Waals surface area contributed by atoms with Gasteiger partial charge in [-0.3, -0.25) is 0 Å². The lowest BCUT2D eigenvalue weighted by atomic mass is 9.90. The van der Waals surface area contributed by atoms with Gasteiger partial charge in [0.05, 0.1) is 12.0 Å². The van der Waals surface area contributed by atoms with Crippen LogP contribution in [0.25, 0.3) is 0 Å². The summed E-state index contributed by atoms with van der Waals surface area (Å²) in [6.07, 6.45) is -2.80. The minimum atomic E-state index is -4.76. The summed E-state index contributed by atoms with van der Waals surface area (Å²) in [7, 11) is -2.48. The van der Waals surface area contributed by atoms with Crippen molar-refractivity contribution in [1.82, 2.24) is 0 Å². The van der Waals surface area contributed by atoms with Crippen LogP contribution < -0.4 is 9.47 Å². The second-order valence-electron chi connectivity index (χ2n) is 9.04. The zero-order valence-corrected chi connectivity index (χ0v) is 20.6. The largest absolute Gasteiger partial charge is 0.497 e. The fraction of sp³-hybridized carbons (Fsp3) is 0.333. The van der Waals surface area contributed by atoms with Crippen molar-refractivity contribution in [2.45, 2.75) is 54.0 Å². The molecule has 1 aliphatic carbocycles. The van der Waals surface area contributed by atoms with Gasteiger partial charge < -0.3 is 9.47 Å². The predicted molar refractivity (Wildman–Crippen MR) is 127 cm³/mol. The van der Waals surface area contributed by atoms with Gasteiger partial charge in [-0.2, -0.15) is 13.2 Å². The van der Waals surface area contributed by atoms with Crippen molar-refractivity contribution in [1.29, 1.82) is 0 Å². The first-order valence-corrected chi connectivity index (χ1v) is 12.9. The van der Waals surface area contributed by atoms with Crippen LogP contribution in [0.15, 0.2) is 77.7 Å². The fourth-order valence-electron chi connectivity index (χ4n) is 4.75. The molecule has 0 spiro atoms. The summed E-state index contributed by atoms with van der Waals surface area (Å²) in [4.78, 5) is -0.0159. The first-order valence-electron chi connectivity index (χ1n) is 11.4.